The van der Waals surface area contributed by atoms with Crippen molar-refractivity contribution in [2.24, 2.45) is 0 Å². The Balaban J connectivity index is 2.36. The van der Waals surface area contributed by atoms with Crippen molar-refractivity contribution in [3.05, 3.63) is 46.1 Å². The molecule has 17 heavy (non-hydrogen) atoms. The van der Waals surface area contributed by atoms with Gasteiger partial charge >= 0.3 is 0 Å². The van der Waals surface area contributed by atoms with Crippen molar-refractivity contribution in [3.63, 3.8) is 0 Å². The summed E-state index contributed by atoms with van der Waals surface area (Å²) in [5.74, 6) is 0.722. The molecule has 0 saturated heterocycles. The van der Waals surface area contributed by atoms with Gasteiger partial charge in [0.05, 0.1) is 11.0 Å². The number of nitro groups is 1. The number of hydrogen-bond acceptors (Lipinski definition) is 3. The smallest absolute Gasteiger partial charge is 0.258 e. The van der Waals surface area contributed by atoms with E-state index in [2.05, 4.69) is 0 Å². The summed E-state index contributed by atoms with van der Waals surface area (Å²) in [4.78, 5) is 10.1. The molecule has 5 nitrogen and oxygen atoms in total. The Kier molecular flexibility index (Phi) is 2.91. The Hall–Kier alpha value is -2.17. The highest BCUT2D eigenvalue weighted by atomic mass is 16.6. The maximum Gasteiger partial charge on any atom is 0.269 e. The zero-order valence-corrected chi connectivity index (χ0v) is 9.71. The molecule has 0 bridgehead atoms. The normalized spacial score (nSPS) is 10.5. The minimum absolute atomic E-state index is 0.0837. The maximum atomic E-state index is 10.5. The van der Waals surface area contributed by atoms with Crippen molar-refractivity contribution in [2.75, 3.05) is 0 Å². The first kappa shape index (κ1) is 11.3. The summed E-state index contributed by atoms with van der Waals surface area (Å²) in [5, 5.41) is 10.5. The molecule has 2 aromatic rings. The van der Waals surface area contributed by atoms with Crippen LogP contribution < -0.4 is 4.74 Å². The van der Waals surface area contributed by atoms with Crippen molar-refractivity contribution in [1.29, 1.82) is 0 Å². The third-order valence-electron chi connectivity index (χ3n) is 2.59. The van der Waals surface area contributed by atoms with Crippen LogP contribution in [0.3, 0.4) is 0 Å². The molecule has 0 fully saturated rings. The van der Waals surface area contributed by atoms with Crippen LogP contribution in [0.2, 0.25) is 0 Å². The minimum atomic E-state index is -0.413. The van der Waals surface area contributed by atoms with Crippen molar-refractivity contribution in [3.8, 4) is 11.3 Å². The molecular formula is C12H13N2O3+. The fourth-order valence-corrected chi connectivity index (χ4v) is 1.68. The van der Waals surface area contributed by atoms with Gasteiger partial charge in [0.15, 0.2) is 6.54 Å². The van der Waals surface area contributed by atoms with Gasteiger partial charge in [-0.05, 0) is 23.8 Å². The third kappa shape index (κ3) is 2.18. The molecule has 0 aliphatic carbocycles. The quantitative estimate of drug-likeness (QED) is 0.465. The second-order valence-corrected chi connectivity index (χ2v) is 3.74. The summed E-state index contributed by atoms with van der Waals surface area (Å²) in [5.41, 5.74) is 1.95. The van der Waals surface area contributed by atoms with Crippen molar-refractivity contribution < 1.29 is 14.2 Å². The van der Waals surface area contributed by atoms with Crippen LogP contribution in [-0.2, 0) is 6.54 Å². The Morgan fingerprint density at radius 2 is 2.00 bits per heavy atom. The van der Waals surface area contributed by atoms with Crippen LogP contribution in [0, 0.1) is 17.0 Å². The van der Waals surface area contributed by atoms with Gasteiger partial charge in [0.2, 0.25) is 11.5 Å². The van der Waals surface area contributed by atoms with Gasteiger partial charge in [-0.2, -0.15) is 0 Å². The number of aryl methyl sites for hydroxylation is 2. The number of nitro benzene ring substituents is 1. The number of hydrogen-bond donors (Lipinski definition) is 0. The number of benzene rings is 1. The van der Waals surface area contributed by atoms with E-state index >= 15 is 0 Å². The van der Waals surface area contributed by atoms with Crippen LogP contribution >= 0.6 is 0 Å². The maximum absolute atomic E-state index is 10.5. The van der Waals surface area contributed by atoms with Crippen LogP contribution in [-0.4, -0.2) is 4.92 Å². The Morgan fingerprint density at radius 1 is 1.35 bits per heavy atom. The molecule has 0 aliphatic heterocycles. The second kappa shape index (κ2) is 4.37. The van der Waals surface area contributed by atoms with E-state index in [0.29, 0.717) is 0 Å². The minimum Gasteiger partial charge on any atom is -0.258 e. The summed E-state index contributed by atoms with van der Waals surface area (Å²) in [6.45, 7) is 4.72. The average molecular weight is 233 g/mol. The van der Waals surface area contributed by atoms with E-state index in [1.807, 2.05) is 19.9 Å². The van der Waals surface area contributed by atoms with Gasteiger partial charge in [0, 0.05) is 24.6 Å². The van der Waals surface area contributed by atoms with Crippen LogP contribution in [0.15, 0.2) is 34.9 Å². The number of aromatic nitrogens is 1. The average Bonchev–Trinajstić information content (AvgIpc) is 2.70. The lowest BCUT2D eigenvalue weighted by Gasteiger charge is -1.93. The van der Waals surface area contributed by atoms with E-state index in [4.69, 9.17) is 4.52 Å². The summed E-state index contributed by atoms with van der Waals surface area (Å²) in [6, 6.07) is 8.25. The van der Waals surface area contributed by atoms with Crippen molar-refractivity contribution in [1.82, 2.24) is 0 Å². The Bertz CT molecular complexity index is 543. The first-order valence-electron chi connectivity index (χ1n) is 5.37. The highest BCUT2D eigenvalue weighted by molar-refractivity contribution is 5.58. The molecule has 1 aromatic heterocycles. The fourth-order valence-electron chi connectivity index (χ4n) is 1.68. The monoisotopic (exact) mass is 233 g/mol. The highest BCUT2D eigenvalue weighted by Crippen LogP contribution is 2.22. The molecule has 0 aliphatic rings. The summed E-state index contributed by atoms with van der Waals surface area (Å²) in [6.07, 6.45) is 0. The fraction of sp³-hybridized carbons (Fsp3) is 0.250. The molecule has 0 spiro atoms. The first-order chi connectivity index (χ1) is 8.11. The third-order valence-corrected chi connectivity index (χ3v) is 2.59. The summed E-state index contributed by atoms with van der Waals surface area (Å²) in [7, 11) is 0. The largest absolute Gasteiger partial charge is 0.269 e. The summed E-state index contributed by atoms with van der Waals surface area (Å²) >= 11 is 0. The molecule has 0 unspecified atom stereocenters. The van der Waals surface area contributed by atoms with Gasteiger partial charge in [0.1, 0.15) is 0 Å². The second-order valence-electron chi connectivity index (χ2n) is 3.74. The molecule has 2 rings (SSSR count). The Labute approximate surface area is 98.4 Å². The molecule has 5 heteroatoms. The van der Waals surface area contributed by atoms with E-state index in [9.17, 15) is 10.1 Å². The molecule has 1 aromatic carbocycles. The molecule has 0 saturated carbocycles. The van der Waals surface area contributed by atoms with Crippen LogP contribution in [0.5, 0.6) is 0 Å². The van der Waals surface area contributed by atoms with E-state index in [1.54, 1.807) is 16.9 Å². The van der Waals surface area contributed by atoms with Crippen molar-refractivity contribution >= 4 is 5.69 Å². The number of nitrogens with zero attached hydrogens (tertiary/aromatic N) is 2. The predicted molar refractivity (Wildman–Crippen MR) is 61.4 cm³/mol. The molecular weight excluding hydrogens is 220 g/mol. The van der Waals surface area contributed by atoms with E-state index in [0.717, 1.165) is 23.6 Å². The molecule has 0 radical (unpaired) electrons. The first-order valence-corrected chi connectivity index (χ1v) is 5.37. The Morgan fingerprint density at radius 3 is 2.47 bits per heavy atom. The van der Waals surface area contributed by atoms with Gasteiger partial charge < -0.3 is 0 Å². The topological polar surface area (TPSA) is 60.2 Å². The molecule has 1 heterocycles. The van der Waals surface area contributed by atoms with Crippen LogP contribution in [0.4, 0.5) is 5.69 Å². The molecule has 0 atom stereocenters. The number of rotatable bonds is 3. The molecule has 0 amide bonds. The molecule has 88 valence electrons. The SMILES string of the molecule is CC[n+]1oc(-c2ccc([N+](=O)[O-])cc2)cc1C. The van der Waals surface area contributed by atoms with Crippen molar-refractivity contribution in [2.45, 2.75) is 20.4 Å². The zero-order chi connectivity index (χ0) is 12.4. The van der Waals surface area contributed by atoms with Crippen LogP contribution in [0.1, 0.15) is 12.6 Å². The van der Waals surface area contributed by atoms with Crippen LogP contribution in [0.25, 0.3) is 11.3 Å². The van der Waals surface area contributed by atoms with E-state index in [-0.39, 0.29) is 5.69 Å². The zero-order valence-electron chi connectivity index (χ0n) is 9.71. The predicted octanol–water partition coefficient (Wildman–Crippen LogP) is 2.47. The van der Waals surface area contributed by atoms with Gasteiger partial charge in [-0.1, -0.05) is 0 Å². The summed E-state index contributed by atoms with van der Waals surface area (Å²) < 4.78 is 7.37. The lowest BCUT2D eigenvalue weighted by Crippen LogP contribution is -2.32. The lowest BCUT2D eigenvalue weighted by atomic mass is 10.1. The highest BCUT2D eigenvalue weighted by Gasteiger charge is 2.15. The number of non-ortho nitro benzene ring substituents is 1. The van der Waals surface area contributed by atoms with Gasteiger partial charge in [0.25, 0.3) is 5.69 Å². The lowest BCUT2D eigenvalue weighted by molar-refractivity contribution is -0.864. The van der Waals surface area contributed by atoms with Gasteiger partial charge in [-0.3, -0.25) is 10.1 Å². The van der Waals surface area contributed by atoms with E-state index in [1.165, 1.54) is 12.1 Å². The van der Waals surface area contributed by atoms with E-state index < -0.39 is 4.92 Å². The van der Waals surface area contributed by atoms with Gasteiger partial charge in [-0.25, -0.2) is 4.52 Å². The molecule has 0 N–H and O–H groups in total. The standard InChI is InChI=1S/C12H13N2O3/c1-3-13-9(2)8-12(17-13)10-4-6-11(7-5-10)14(15)16/h4-8H,3H2,1-2H3/q+1. The van der Waals surface area contributed by atoms with Gasteiger partial charge in [-0.15, -0.1) is 0 Å².